The van der Waals surface area contributed by atoms with Crippen LogP contribution in [-0.4, -0.2) is 31.4 Å². The van der Waals surface area contributed by atoms with Gasteiger partial charge in [0.25, 0.3) is 0 Å². The molecule has 102 valence electrons. The Morgan fingerprint density at radius 3 is 2.58 bits per heavy atom. The van der Waals surface area contributed by atoms with E-state index >= 15 is 0 Å². The maximum atomic E-state index is 11.7. The van der Waals surface area contributed by atoms with Gasteiger partial charge in [0.1, 0.15) is 0 Å². The van der Waals surface area contributed by atoms with Gasteiger partial charge in [0.05, 0.1) is 6.54 Å². The molecule has 0 spiro atoms. The minimum Gasteiger partial charge on any atom is -0.340 e. The van der Waals surface area contributed by atoms with Crippen LogP contribution in [0.3, 0.4) is 0 Å². The summed E-state index contributed by atoms with van der Waals surface area (Å²) in [4.78, 5) is 13.5. The van der Waals surface area contributed by atoms with Gasteiger partial charge in [0.15, 0.2) is 0 Å². The summed E-state index contributed by atoms with van der Waals surface area (Å²) in [5, 5.41) is 5.30. The van der Waals surface area contributed by atoms with Crippen molar-refractivity contribution in [3.8, 4) is 0 Å². The predicted molar refractivity (Wildman–Crippen MR) is 81.6 cm³/mol. The van der Waals surface area contributed by atoms with Crippen LogP contribution in [0.1, 0.15) is 5.56 Å². The van der Waals surface area contributed by atoms with E-state index in [4.69, 9.17) is 0 Å². The maximum Gasteiger partial charge on any atom is 0.236 e. The van der Waals surface area contributed by atoms with Crippen LogP contribution in [0.4, 0.5) is 0 Å². The topological polar surface area (TPSA) is 32.3 Å². The molecule has 0 saturated carbocycles. The number of hydrogen-bond donors (Lipinski definition) is 1. The van der Waals surface area contributed by atoms with Gasteiger partial charge in [-0.1, -0.05) is 42.5 Å². The zero-order valence-corrected chi connectivity index (χ0v) is 12.0. The lowest BCUT2D eigenvalue weighted by atomic mass is 10.0. The number of hydrogen-bond acceptors (Lipinski definition) is 2. The second-order valence-corrected chi connectivity index (χ2v) is 4.42. The Balaban J connectivity index is 0.00000180. The summed E-state index contributed by atoms with van der Waals surface area (Å²) < 4.78 is 0. The molecule has 0 fully saturated rings. The fourth-order valence-electron chi connectivity index (χ4n) is 2.06. The summed E-state index contributed by atoms with van der Waals surface area (Å²) >= 11 is 0. The van der Waals surface area contributed by atoms with Gasteiger partial charge < -0.3 is 10.2 Å². The highest BCUT2D eigenvalue weighted by Crippen LogP contribution is 2.19. The van der Waals surface area contributed by atoms with Crippen molar-refractivity contribution in [3.05, 3.63) is 48.0 Å². The number of carbonyl (C=O) groups is 1. The van der Waals surface area contributed by atoms with Crippen molar-refractivity contribution in [1.82, 2.24) is 10.2 Å². The van der Waals surface area contributed by atoms with Gasteiger partial charge in [-0.15, -0.1) is 12.4 Å². The Bertz CT molecular complexity index is 551. The Hall–Kier alpha value is -1.58. The minimum atomic E-state index is 0. The molecule has 0 aliphatic carbocycles. The third-order valence-electron chi connectivity index (χ3n) is 3.04. The normalized spacial score (nSPS) is 10.0. The third kappa shape index (κ3) is 3.69. The van der Waals surface area contributed by atoms with Crippen molar-refractivity contribution >= 4 is 29.1 Å². The van der Waals surface area contributed by atoms with Crippen LogP contribution in [0.15, 0.2) is 42.5 Å². The fourth-order valence-corrected chi connectivity index (χ4v) is 2.06. The summed E-state index contributed by atoms with van der Waals surface area (Å²) in [6.45, 7) is 1.02. The summed E-state index contributed by atoms with van der Waals surface area (Å²) in [6, 6.07) is 14.5. The molecular weight excluding hydrogens is 260 g/mol. The zero-order valence-electron chi connectivity index (χ0n) is 11.2. The van der Waals surface area contributed by atoms with E-state index in [-0.39, 0.29) is 18.3 Å². The monoisotopic (exact) mass is 278 g/mol. The van der Waals surface area contributed by atoms with Gasteiger partial charge in [0.2, 0.25) is 5.91 Å². The molecule has 4 heteroatoms. The number of rotatable bonds is 4. The number of benzene rings is 2. The third-order valence-corrected chi connectivity index (χ3v) is 3.04. The highest BCUT2D eigenvalue weighted by molar-refractivity contribution is 5.86. The average molecular weight is 279 g/mol. The van der Waals surface area contributed by atoms with Crippen LogP contribution in [0.5, 0.6) is 0 Å². The van der Waals surface area contributed by atoms with Crippen LogP contribution in [-0.2, 0) is 11.3 Å². The number of fused-ring (bicyclic) bond motifs is 1. The number of nitrogens with zero attached hydrogens (tertiary/aromatic N) is 1. The first kappa shape index (κ1) is 15.5. The molecule has 0 aliphatic rings. The molecule has 0 aliphatic heterocycles. The van der Waals surface area contributed by atoms with Gasteiger partial charge >= 0.3 is 0 Å². The molecule has 1 N–H and O–H groups in total. The quantitative estimate of drug-likeness (QED) is 0.932. The fraction of sp³-hybridized carbons (Fsp3) is 0.267. The lowest BCUT2D eigenvalue weighted by Gasteiger charge is -2.18. The van der Waals surface area contributed by atoms with E-state index in [0.29, 0.717) is 13.1 Å². The number of nitrogens with one attached hydrogen (secondary N) is 1. The number of likely N-dealkylation sites (N-methyl/N-ethyl adjacent to an activating group) is 2. The Kier molecular flexibility index (Phi) is 5.80. The van der Waals surface area contributed by atoms with Crippen LogP contribution in [0, 0.1) is 0 Å². The van der Waals surface area contributed by atoms with Crippen LogP contribution in [0.25, 0.3) is 10.8 Å². The molecular formula is C15H19ClN2O. The molecule has 3 nitrogen and oxygen atoms in total. The molecule has 0 radical (unpaired) electrons. The standard InChI is InChI=1S/C15H18N2O.ClH/c1-16-10-15(18)17(2)11-13-8-5-7-12-6-3-4-9-14(12)13;/h3-9,16H,10-11H2,1-2H3;1H. The Labute approximate surface area is 120 Å². The summed E-state index contributed by atoms with van der Waals surface area (Å²) in [7, 11) is 3.62. The molecule has 0 atom stereocenters. The summed E-state index contributed by atoms with van der Waals surface area (Å²) in [5.74, 6) is 0.102. The molecule has 0 bridgehead atoms. The Morgan fingerprint density at radius 2 is 1.84 bits per heavy atom. The number of carbonyl (C=O) groups excluding carboxylic acids is 1. The summed E-state index contributed by atoms with van der Waals surface area (Å²) in [5.41, 5.74) is 1.18. The van der Waals surface area contributed by atoms with Crippen molar-refractivity contribution < 1.29 is 4.79 Å². The minimum absolute atomic E-state index is 0. The number of amides is 1. The first-order valence-corrected chi connectivity index (χ1v) is 6.07. The highest BCUT2D eigenvalue weighted by atomic mass is 35.5. The zero-order chi connectivity index (χ0) is 13.0. The SMILES string of the molecule is CNCC(=O)N(C)Cc1cccc2ccccc12.Cl. The van der Waals surface area contributed by atoms with E-state index in [1.54, 1.807) is 11.9 Å². The van der Waals surface area contributed by atoms with E-state index in [0.717, 1.165) is 0 Å². The molecule has 2 aromatic carbocycles. The first-order chi connectivity index (χ1) is 8.72. The van der Waals surface area contributed by atoms with Crippen molar-refractivity contribution in [1.29, 1.82) is 0 Å². The van der Waals surface area contributed by atoms with Gasteiger partial charge in [-0.2, -0.15) is 0 Å². The van der Waals surface area contributed by atoms with Gasteiger partial charge in [-0.05, 0) is 23.4 Å². The molecule has 0 unspecified atom stereocenters. The smallest absolute Gasteiger partial charge is 0.236 e. The first-order valence-electron chi connectivity index (χ1n) is 6.07. The van der Waals surface area contributed by atoms with E-state index in [1.165, 1.54) is 16.3 Å². The van der Waals surface area contributed by atoms with E-state index in [9.17, 15) is 4.79 Å². The highest BCUT2D eigenvalue weighted by Gasteiger charge is 2.09. The number of halogens is 1. The predicted octanol–water partition coefficient (Wildman–Crippen LogP) is 2.44. The molecule has 1 amide bonds. The van der Waals surface area contributed by atoms with Gasteiger partial charge in [-0.3, -0.25) is 4.79 Å². The molecule has 2 aromatic rings. The molecule has 19 heavy (non-hydrogen) atoms. The average Bonchev–Trinajstić information content (AvgIpc) is 2.39. The van der Waals surface area contributed by atoms with Crippen molar-refractivity contribution in [3.63, 3.8) is 0 Å². The molecule has 0 heterocycles. The van der Waals surface area contributed by atoms with Crippen LogP contribution < -0.4 is 5.32 Å². The van der Waals surface area contributed by atoms with Crippen LogP contribution >= 0.6 is 12.4 Å². The maximum absolute atomic E-state index is 11.7. The van der Waals surface area contributed by atoms with E-state index in [1.807, 2.05) is 25.2 Å². The van der Waals surface area contributed by atoms with Crippen molar-refractivity contribution in [2.75, 3.05) is 20.6 Å². The molecule has 2 rings (SSSR count). The lowest BCUT2D eigenvalue weighted by Crippen LogP contribution is -2.33. The van der Waals surface area contributed by atoms with Gasteiger partial charge in [0, 0.05) is 13.6 Å². The second-order valence-electron chi connectivity index (χ2n) is 4.42. The Morgan fingerprint density at radius 1 is 1.16 bits per heavy atom. The van der Waals surface area contributed by atoms with Crippen LogP contribution in [0.2, 0.25) is 0 Å². The molecule has 0 aromatic heterocycles. The molecule has 0 saturated heterocycles. The van der Waals surface area contributed by atoms with Crippen molar-refractivity contribution in [2.24, 2.45) is 0 Å². The lowest BCUT2D eigenvalue weighted by molar-refractivity contribution is -0.129. The van der Waals surface area contributed by atoms with Gasteiger partial charge in [-0.25, -0.2) is 0 Å². The largest absolute Gasteiger partial charge is 0.340 e. The second kappa shape index (κ2) is 7.12. The van der Waals surface area contributed by atoms with Crippen molar-refractivity contribution in [2.45, 2.75) is 6.54 Å². The summed E-state index contributed by atoms with van der Waals surface area (Å²) in [6.07, 6.45) is 0. The van der Waals surface area contributed by atoms with E-state index in [2.05, 4.69) is 29.6 Å². The van der Waals surface area contributed by atoms with E-state index < -0.39 is 0 Å².